The van der Waals surface area contributed by atoms with E-state index in [0.717, 1.165) is 12.1 Å². The fourth-order valence-corrected chi connectivity index (χ4v) is 4.24. The van der Waals surface area contributed by atoms with Crippen molar-refractivity contribution in [2.24, 2.45) is 0 Å². The maximum absolute atomic E-state index is 14.3. The first-order chi connectivity index (χ1) is 19.1. The van der Waals surface area contributed by atoms with Gasteiger partial charge in [0.1, 0.15) is 29.0 Å². The molecule has 4 rings (SSSR count). The molecular formula is C28H26ClF2N5O3. The molecule has 1 aromatic carbocycles. The van der Waals surface area contributed by atoms with Crippen LogP contribution in [0, 0.1) is 18.6 Å². The van der Waals surface area contributed by atoms with E-state index in [-0.39, 0.29) is 22.4 Å². The number of allylic oxidation sites excluding steroid dienone is 3. The highest BCUT2D eigenvalue weighted by atomic mass is 35.5. The Morgan fingerprint density at radius 3 is 2.67 bits per heavy atom. The predicted molar refractivity (Wildman–Crippen MR) is 142 cm³/mol. The van der Waals surface area contributed by atoms with Crippen LogP contribution in [0.25, 0.3) is 5.82 Å². The second kappa shape index (κ2) is 10.8. The molecule has 11 heteroatoms. The number of carbonyl (C=O) groups excluding carboxylic acids is 2. The van der Waals surface area contributed by atoms with Gasteiger partial charge >= 0.3 is 0 Å². The molecule has 1 aliphatic heterocycles. The van der Waals surface area contributed by atoms with E-state index in [2.05, 4.69) is 15.4 Å². The van der Waals surface area contributed by atoms with Gasteiger partial charge in [-0.1, -0.05) is 11.6 Å². The van der Waals surface area contributed by atoms with Gasteiger partial charge in [-0.15, -0.1) is 0 Å². The van der Waals surface area contributed by atoms with Crippen LogP contribution in [0.1, 0.15) is 47.3 Å². The molecule has 2 aromatic heterocycles. The number of benzene rings is 1. The molecule has 0 spiro atoms. The molecule has 0 saturated carbocycles. The molecule has 1 aliphatic rings. The molecular weight excluding hydrogens is 528 g/mol. The van der Waals surface area contributed by atoms with E-state index in [1.165, 1.54) is 22.6 Å². The maximum atomic E-state index is 14.3. The zero-order chi connectivity index (χ0) is 30.3. The molecule has 0 saturated heterocycles. The molecule has 0 radical (unpaired) electrons. The van der Waals surface area contributed by atoms with Gasteiger partial charge in [-0.3, -0.25) is 4.79 Å². The molecule has 8 nitrogen and oxygen atoms in total. The van der Waals surface area contributed by atoms with Gasteiger partial charge in [0.05, 0.1) is 19.7 Å². The molecule has 0 bridgehead atoms. The number of pyridine rings is 1. The molecule has 3 heterocycles. The van der Waals surface area contributed by atoms with E-state index in [1.54, 1.807) is 44.3 Å². The number of ether oxygens (including phenoxy) is 1. The number of nitrogens with zero attached hydrogens (tertiary/aromatic N) is 4. The fourth-order valence-electron chi connectivity index (χ4n) is 4.02. The summed E-state index contributed by atoms with van der Waals surface area (Å²) in [6, 6.07) is 5.81. The Balaban J connectivity index is 1.70. The Hall–Kier alpha value is -4.27. The van der Waals surface area contributed by atoms with Crippen molar-refractivity contribution in [1.82, 2.24) is 20.1 Å². The van der Waals surface area contributed by atoms with Crippen molar-refractivity contribution in [2.75, 3.05) is 4.90 Å². The standard InChI is InChI=1S/C28H26ClF2N5O3/c1-16-13-32-26(35-9-8-25(34-35)28(4,5)33-18(3)38)12-22(16)36-17(2)10-24(27(29)23(36)14-37)39-15-19-6-7-20(30)11-21(19)31/h6-13H,15H2,1-5H3,(H,33,38)/i15D2. The van der Waals surface area contributed by atoms with Crippen LogP contribution in [0.5, 0.6) is 0 Å². The summed E-state index contributed by atoms with van der Waals surface area (Å²) in [6.07, 6.45) is 4.66. The van der Waals surface area contributed by atoms with E-state index in [9.17, 15) is 18.4 Å². The Bertz CT molecular complexity index is 1660. The first-order valence-electron chi connectivity index (χ1n) is 12.7. The number of hydrogen-bond donors (Lipinski definition) is 1. The van der Waals surface area contributed by atoms with Gasteiger partial charge in [0.25, 0.3) is 0 Å². The summed E-state index contributed by atoms with van der Waals surface area (Å²) in [7, 11) is 0. The van der Waals surface area contributed by atoms with Gasteiger partial charge in [0, 0.05) is 48.8 Å². The molecule has 39 heavy (non-hydrogen) atoms. The van der Waals surface area contributed by atoms with Crippen molar-refractivity contribution in [3.63, 3.8) is 0 Å². The van der Waals surface area contributed by atoms with Crippen molar-refractivity contribution in [1.29, 1.82) is 0 Å². The van der Waals surface area contributed by atoms with Gasteiger partial charge in [-0.05, 0) is 51.5 Å². The zero-order valence-corrected chi connectivity index (χ0v) is 22.5. The zero-order valence-electron chi connectivity index (χ0n) is 23.8. The van der Waals surface area contributed by atoms with E-state index in [4.69, 9.17) is 19.1 Å². The summed E-state index contributed by atoms with van der Waals surface area (Å²) in [5.41, 5.74) is 0.717. The molecule has 0 atom stereocenters. The average Bonchev–Trinajstić information content (AvgIpc) is 3.37. The van der Waals surface area contributed by atoms with Gasteiger partial charge in [0.2, 0.25) is 5.91 Å². The summed E-state index contributed by atoms with van der Waals surface area (Å²) in [5.74, 6) is -0.265. The fraction of sp³-hybridized carbons (Fsp3) is 0.250. The number of amides is 1. The maximum Gasteiger partial charge on any atom is 0.217 e. The van der Waals surface area contributed by atoms with E-state index >= 15 is 0 Å². The predicted octanol–water partition coefficient (Wildman–Crippen LogP) is 5.33. The van der Waals surface area contributed by atoms with E-state index in [0.29, 0.717) is 34.5 Å². The van der Waals surface area contributed by atoms with Crippen LogP contribution < -0.4 is 10.2 Å². The summed E-state index contributed by atoms with van der Waals surface area (Å²) >= 11 is 6.50. The third kappa shape index (κ3) is 5.77. The van der Waals surface area contributed by atoms with Crippen molar-refractivity contribution in [3.8, 4) is 5.82 Å². The summed E-state index contributed by atoms with van der Waals surface area (Å²) < 4.78 is 51.1. The van der Waals surface area contributed by atoms with Gasteiger partial charge in [0.15, 0.2) is 17.5 Å². The van der Waals surface area contributed by atoms with E-state index in [1.807, 2.05) is 13.8 Å². The minimum absolute atomic E-state index is 0.176. The van der Waals surface area contributed by atoms with Crippen molar-refractivity contribution in [3.05, 3.63) is 99.4 Å². The molecule has 1 N–H and O–H groups in total. The Morgan fingerprint density at radius 2 is 2.00 bits per heavy atom. The summed E-state index contributed by atoms with van der Waals surface area (Å²) in [5, 5.41) is 7.13. The monoisotopic (exact) mass is 555 g/mol. The Kier molecular flexibility index (Phi) is 6.96. The van der Waals surface area contributed by atoms with E-state index < -0.39 is 29.3 Å². The number of nitrogens with one attached hydrogen (secondary N) is 1. The Labute approximate surface area is 232 Å². The van der Waals surface area contributed by atoms with Crippen LogP contribution in [-0.2, 0) is 26.4 Å². The van der Waals surface area contributed by atoms with Crippen molar-refractivity contribution >= 4 is 29.1 Å². The SMILES string of the molecule is [2H]C([2H])(OC1=C(Cl)C(=C=O)N(c2cc(-n3ccc(C(C)(C)NC(C)=O)n3)ncc2C)C(C)=C1)c1ccc(F)cc1F. The first kappa shape index (κ1) is 25.0. The molecule has 202 valence electrons. The number of carbonyl (C=O) groups is 1. The van der Waals surface area contributed by atoms with Crippen LogP contribution in [-0.4, -0.2) is 26.6 Å². The number of rotatable bonds is 7. The normalized spacial score (nSPS) is 14.9. The highest BCUT2D eigenvalue weighted by Crippen LogP contribution is 2.37. The average molecular weight is 556 g/mol. The lowest BCUT2D eigenvalue weighted by molar-refractivity contribution is -0.120. The molecule has 0 unspecified atom stereocenters. The van der Waals surface area contributed by atoms with Crippen molar-refractivity contribution < 1.29 is 25.8 Å². The highest BCUT2D eigenvalue weighted by Gasteiger charge is 2.29. The molecule has 3 aromatic rings. The van der Waals surface area contributed by atoms with Crippen LogP contribution in [0.3, 0.4) is 0 Å². The third-order valence-corrected chi connectivity index (χ3v) is 6.26. The lowest BCUT2D eigenvalue weighted by Gasteiger charge is -2.31. The second-order valence-corrected chi connectivity index (χ2v) is 9.74. The number of aryl methyl sites for hydroxylation is 1. The highest BCUT2D eigenvalue weighted by molar-refractivity contribution is 6.33. The topological polar surface area (TPSA) is 89.4 Å². The minimum Gasteiger partial charge on any atom is -0.487 e. The van der Waals surface area contributed by atoms with Gasteiger partial charge in [-0.25, -0.2) is 23.2 Å². The summed E-state index contributed by atoms with van der Waals surface area (Å²) in [4.78, 5) is 29.7. The quantitative estimate of drug-likeness (QED) is 0.396. The smallest absolute Gasteiger partial charge is 0.217 e. The lowest BCUT2D eigenvalue weighted by Crippen LogP contribution is -2.40. The first-order valence-corrected chi connectivity index (χ1v) is 12.1. The third-order valence-electron chi connectivity index (χ3n) is 5.89. The number of anilines is 1. The largest absolute Gasteiger partial charge is 0.487 e. The molecule has 0 aliphatic carbocycles. The number of halogens is 3. The number of aromatic nitrogens is 3. The van der Waals surface area contributed by atoms with Crippen LogP contribution in [0.4, 0.5) is 14.5 Å². The van der Waals surface area contributed by atoms with Crippen LogP contribution >= 0.6 is 11.6 Å². The van der Waals surface area contributed by atoms with Gasteiger partial charge < -0.3 is 15.0 Å². The van der Waals surface area contributed by atoms with Crippen LogP contribution in [0.2, 0.25) is 0 Å². The minimum atomic E-state index is -2.75. The summed E-state index contributed by atoms with van der Waals surface area (Å²) in [6.45, 7) is 5.72. The Morgan fingerprint density at radius 1 is 1.26 bits per heavy atom. The van der Waals surface area contributed by atoms with Gasteiger partial charge in [-0.2, -0.15) is 5.10 Å². The lowest BCUT2D eigenvalue weighted by atomic mass is 10.0. The van der Waals surface area contributed by atoms with Crippen LogP contribution in [0.15, 0.2) is 71.0 Å². The second-order valence-electron chi connectivity index (χ2n) is 9.36. The molecule has 0 fully saturated rings. The molecule has 1 amide bonds. The number of hydrogen-bond acceptors (Lipinski definition) is 6. The van der Waals surface area contributed by atoms with Crippen molar-refractivity contribution in [2.45, 2.75) is 46.7 Å².